The first-order valence-corrected chi connectivity index (χ1v) is 10.6. The maximum Gasteiger partial charge on any atom is 0.326 e. The number of hydrogen-bond acceptors (Lipinski definition) is 3. The monoisotopic (exact) mass is 425 g/mol. The molecule has 1 atom stereocenters. The van der Waals surface area contributed by atoms with Crippen LogP contribution in [0.15, 0.2) is 42.5 Å². The number of amides is 1. The van der Waals surface area contributed by atoms with E-state index in [0.717, 1.165) is 35.3 Å². The van der Waals surface area contributed by atoms with Crippen molar-refractivity contribution in [2.45, 2.75) is 45.2 Å². The lowest BCUT2D eigenvalue weighted by molar-refractivity contribution is -0.141. The van der Waals surface area contributed by atoms with Crippen LogP contribution < -0.4 is 0 Å². The SMILES string of the molecule is CCCc1nc2ccc(C(=O)N3CCCC3C(=O)O)cc2n1Cc1ccccc1Cl. The third kappa shape index (κ3) is 3.79. The lowest BCUT2D eigenvalue weighted by Gasteiger charge is -2.21. The van der Waals surface area contributed by atoms with Gasteiger partial charge in [0.1, 0.15) is 11.9 Å². The first kappa shape index (κ1) is 20.4. The van der Waals surface area contributed by atoms with Crippen molar-refractivity contribution in [2.75, 3.05) is 6.54 Å². The summed E-state index contributed by atoms with van der Waals surface area (Å²) in [6, 6.07) is 12.4. The summed E-state index contributed by atoms with van der Waals surface area (Å²) in [6.07, 6.45) is 2.96. The number of likely N-dealkylation sites (tertiary alicyclic amines) is 1. The molecule has 0 saturated carbocycles. The molecule has 1 fully saturated rings. The van der Waals surface area contributed by atoms with Gasteiger partial charge in [-0.05, 0) is 49.1 Å². The highest BCUT2D eigenvalue weighted by molar-refractivity contribution is 6.31. The highest BCUT2D eigenvalue weighted by atomic mass is 35.5. The predicted octanol–water partition coefficient (Wildman–Crippen LogP) is 4.38. The van der Waals surface area contributed by atoms with E-state index >= 15 is 0 Å². The quantitative estimate of drug-likeness (QED) is 0.635. The lowest BCUT2D eigenvalue weighted by atomic mass is 10.1. The predicted molar refractivity (Wildman–Crippen MR) is 116 cm³/mol. The van der Waals surface area contributed by atoms with Gasteiger partial charge in [-0.3, -0.25) is 4.79 Å². The van der Waals surface area contributed by atoms with E-state index in [4.69, 9.17) is 16.6 Å². The second-order valence-corrected chi connectivity index (χ2v) is 8.06. The van der Waals surface area contributed by atoms with Gasteiger partial charge in [-0.1, -0.05) is 36.7 Å². The van der Waals surface area contributed by atoms with Gasteiger partial charge >= 0.3 is 5.97 Å². The number of carbonyl (C=O) groups excluding carboxylic acids is 1. The number of halogens is 1. The fraction of sp³-hybridized carbons (Fsp3) is 0.348. The molecule has 4 rings (SSSR count). The van der Waals surface area contributed by atoms with Crippen molar-refractivity contribution in [2.24, 2.45) is 0 Å². The highest BCUT2D eigenvalue weighted by Gasteiger charge is 2.34. The van der Waals surface area contributed by atoms with E-state index in [2.05, 4.69) is 11.5 Å². The molecule has 156 valence electrons. The standard InChI is InChI=1S/C23H24ClN3O3/c1-2-6-21-25-18-11-10-15(22(28)26-12-5-9-19(26)23(29)30)13-20(18)27(21)14-16-7-3-4-8-17(16)24/h3-4,7-8,10-11,13,19H,2,5-6,9,12,14H2,1H3,(H,29,30). The van der Waals surface area contributed by atoms with Crippen LogP contribution in [0, 0.1) is 0 Å². The number of aryl methyl sites for hydroxylation is 1. The van der Waals surface area contributed by atoms with Crippen LogP contribution in [-0.2, 0) is 17.8 Å². The molecule has 1 aliphatic heterocycles. The summed E-state index contributed by atoms with van der Waals surface area (Å²) < 4.78 is 2.11. The molecule has 1 aliphatic rings. The molecule has 1 saturated heterocycles. The molecule has 0 aliphatic carbocycles. The normalized spacial score (nSPS) is 16.3. The van der Waals surface area contributed by atoms with Gasteiger partial charge < -0.3 is 14.6 Å². The number of aliphatic carboxylic acids is 1. The second kappa shape index (κ2) is 8.48. The van der Waals surface area contributed by atoms with Crippen LogP contribution in [0.5, 0.6) is 0 Å². The second-order valence-electron chi connectivity index (χ2n) is 7.65. The Kier molecular flexibility index (Phi) is 5.77. The van der Waals surface area contributed by atoms with Crippen LogP contribution in [0.4, 0.5) is 0 Å². The topological polar surface area (TPSA) is 75.4 Å². The molecule has 7 heteroatoms. The Morgan fingerprint density at radius 1 is 1.23 bits per heavy atom. The van der Waals surface area contributed by atoms with E-state index in [0.29, 0.717) is 36.5 Å². The first-order valence-electron chi connectivity index (χ1n) is 10.3. The molecular weight excluding hydrogens is 402 g/mol. The van der Waals surface area contributed by atoms with Crippen LogP contribution in [0.2, 0.25) is 5.02 Å². The van der Waals surface area contributed by atoms with Gasteiger partial charge in [-0.2, -0.15) is 0 Å². The molecule has 1 amide bonds. The van der Waals surface area contributed by atoms with Crippen molar-refractivity contribution in [3.05, 3.63) is 64.4 Å². The van der Waals surface area contributed by atoms with Gasteiger partial charge in [0.25, 0.3) is 5.91 Å². The van der Waals surface area contributed by atoms with Crippen molar-refractivity contribution in [1.82, 2.24) is 14.5 Å². The Morgan fingerprint density at radius 2 is 2.03 bits per heavy atom. The molecule has 2 heterocycles. The number of carboxylic acid groups (broad SMARTS) is 1. The summed E-state index contributed by atoms with van der Waals surface area (Å²) in [5.41, 5.74) is 3.14. The zero-order chi connectivity index (χ0) is 21.3. The molecular formula is C23H24ClN3O3. The van der Waals surface area contributed by atoms with Gasteiger partial charge in [0.2, 0.25) is 0 Å². The average molecular weight is 426 g/mol. The van der Waals surface area contributed by atoms with Crippen molar-refractivity contribution >= 4 is 34.5 Å². The molecule has 1 N–H and O–H groups in total. The van der Waals surface area contributed by atoms with Gasteiger partial charge in [0, 0.05) is 23.6 Å². The fourth-order valence-electron chi connectivity index (χ4n) is 4.13. The number of carboxylic acids is 1. The summed E-state index contributed by atoms with van der Waals surface area (Å²) in [4.78, 5) is 30.8. The van der Waals surface area contributed by atoms with Crippen LogP contribution in [-0.4, -0.2) is 44.0 Å². The Labute approximate surface area is 180 Å². The van der Waals surface area contributed by atoms with E-state index in [9.17, 15) is 14.7 Å². The first-order chi connectivity index (χ1) is 14.5. The average Bonchev–Trinajstić information content (AvgIpc) is 3.35. The van der Waals surface area contributed by atoms with Crippen molar-refractivity contribution in [1.29, 1.82) is 0 Å². The largest absolute Gasteiger partial charge is 0.480 e. The summed E-state index contributed by atoms with van der Waals surface area (Å²) in [5.74, 6) is -0.248. The minimum atomic E-state index is -0.948. The highest BCUT2D eigenvalue weighted by Crippen LogP contribution is 2.26. The van der Waals surface area contributed by atoms with Gasteiger partial charge in [-0.15, -0.1) is 0 Å². The summed E-state index contributed by atoms with van der Waals surface area (Å²) in [6.45, 7) is 3.13. The van der Waals surface area contributed by atoms with Crippen LogP contribution in [0.25, 0.3) is 11.0 Å². The maximum atomic E-state index is 13.1. The molecule has 2 aromatic carbocycles. The van der Waals surface area contributed by atoms with E-state index < -0.39 is 12.0 Å². The zero-order valence-corrected chi connectivity index (χ0v) is 17.6. The molecule has 3 aromatic rings. The minimum absolute atomic E-state index is 0.246. The molecule has 30 heavy (non-hydrogen) atoms. The van der Waals surface area contributed by atoms with Crippen LogP contribution in [0.1, 0.15) is 47.9 Å². The van der Waals surface area contributed by atoms with Gasteiger partial charge in [0.15, 0.2) is 0 Å². The third-order valence-electron chi connectivity index (χ3n) is 5.63. The summed E-state index contributed by atoms with van der Waals surface area (Å²) in [7, 11) is 0. The number of nitrogens with zero attached hydrogens (tertiary/aromatic N) is 3. The zero-order valence-electron chi connectivity index (χ0n) is 16.8. The van der Waals surface area contributed by atoms with E-state index in [1.54, 1.807) is 6.07 Å². The molecule has 1 unspecified atom stereocenters. The number of hydrogen-bond donors (Lipinski definition) is 1. The summed E-state index contributed by atoms with van der Waals surface area (Å²) >= 11 is 6.39. The van der Waals surface area contributed by atoms with Gasteiger partial charge in [0.05, 0.1) is 17.6 Å². The van der Waals surface area contributed by atoms with Crippen molar-refractivity contribution in [3.63, 3.8) is 0 Å². The molecule has 6 nitrogen and oxygen atoms in total. The Morgan fingerprint density at radius 3 is 2.77 bits per heavy atom. The Bertz CT molecular complexity index is 1110. The smallest absolute Gasteiger partial charge is 0.326 e. The molecule has 0 bridgehead atoms. The Balaban J connectivity index is 1.75. The molecule has 0 radical (unpaired) electrons. The van der Waals surface area contributed by atoms with Crippen LogP contribution in [0.3, 0.4) is 0 Å². The van der Waals surface area contributed by atoms with Gasteiger partial charge in [-0.25, -0.2) is 9.78 Å². The number of carbonyl (C=O) groups is 2. The maximum absolute atomic E-state index is 13.1. The van der Waals surface area contributed by atoms with E-state index in [-0.39, 0.29) is 5.91 Å². The number of rotatable bonds is 6. The van der Waals surface area contributed by atoms with Crippen molar-refractivity contribution < 1.29 is 14.7 Å². The third-order valence-corrected chi connectivity index (χ3v) is 6.00. The number of fused-ring (bicyclic) bond motifs is 1. The minimum Gasteiger partial charge on any atom is -0.480 e. The summed E-state index contributed by atoms with van der Waals surface area (Å²) in [5, 5.41) is 10.1. The molecule has 0 spiro atoms. The van der Waals surface area contributed by atoms with Crippen LogP contribution >= 0.6 is 11.6 Å². The fourth-order valence-corrected chi connectivity index (χ4v) is 4.32. The van der Waals surface area contributed by atoms with Crippen molar-refractivity contribution in [3.8, 4) is 0 Å². The number of imidazole rings is 1. The number of aromatic nitrogens is 2. The Hall–Kier alpha value is -2.86. The lowest BCUT2D eigenvalue weighted by Crippen LogP contribution is -2.40. The molecule has 1 aromatic heterocycles. The number of benzene rings is 2. The van der Waals surface area contributed by atoms with E-state index in [1.165, 1.54) is 4.90 Å². The van der Waals surface area contributed by atoms with E-state index in [1.807, 2.05) is 36.4 Å².